The number of piperidine rings is 1. The predicted molar refractivity (Wildman–Crippen MR) is 77.8 cm³/mol. The van der Waals surface area contributed by atoms with Crippen LogP contribution in [0.15, 0.2) is 22.7 Å². The van der Waals surface area contributed by atoms with E-state index in [4.69, 9.17) is 0 Å². The summed E-state index contributed by atoms with van der Waals surface area (Å²) in [6.45, 7) is 4.27. The largest absolute Gasteiger partial charge is 0.376 e. The number of anilines is 1. The summed E-state index contributed by atoms with van der Waals surface area (Å²) in [6.07, 6.45) is 3.54. The van der Waals surface area contributed by atoms with E-state index in [1.54, 1.807) is 0 Å². The second-order valence-corrected chi connectivity index (χ2v) is 5.61. The van der Waals surface area contributed by atoms with E-state index in [0.29, 0.717) is 6.54 Å². The Morgan fingerprint density at radius 2 is 2.06 bits per heavy atom. The first-order valence-corrected chi connectivity index (χ1v) is 7.24. The van der Waals surface area contributed by atoms with Gasteiger partial charge in [-0.25, -0.2) is 0 Å². The van der Waals surface area contributed by atoms with Crippen molar-refractivity contribution >= 4 is 27.5 Å². The highest BCUT2D eigenvalue weighted by Gasteiger charge is 2.15. The first-order chi connectivity index (χ1) is 8.66. The van der Waals surface area contributed by atoms with Gasteiger partial charge in [0.15, 0.2) is 0 Å². The smallest absolute Gasteiger partial charge is 0.241 e. The maximum Gasteiger partial charge on any atom is 0.241 e. The van der Waals surface area contributed by atoms with Gasteiger partial charge in [0, 0.05) is 23.2 Å². The van der Waals surface area contributed by atoms with Crippen LogP contribution in [0.2, 0.25) is 0 Å². The van der Waals surface area contributed by atoms with Gasteiger partial charge in [-0.15, -0.1) is 0 Å². The third kappa shape index (κ3) is 3.48. The summed E-state index contributed by atoms with van der Waals surface area (Å²) in [4.78, 5) is 13.9. The molecule has 1 N–H and O–H groups in total. The molecule has 18 heavy (non-hydrogen) atoms. The number of rotatable bonds is 3. The minimum absolute atomic E-state index is 0.204. The van der Waals surface area contributed by atoms with Crippen LogP contribution in [-0.4, -0.2) is 30.4 Å². The summed E-state index contributed by atoms with van der Waals surface area (Å²) in [7, 11) is 0. The molecule has 1 amide bonds. The highest BCUT2D eigenvalue weighted by Crippen LogP contribution is 2.20. The van der Waals surface area contributed by atoms with E-state index < -0.39 is 0 Å². The monoisotopic (exact) mass is 310 g/mol. The molecule has 1 aliphatic rings. The van der Waals surface area contributed by atoms with Crippen molar-refractivity contribution in [2.45, 2.75) is 26.2 Å². The molecule has 0 aromatic heterocycles. The van der Waals surface area contributed by atoms with E-state index in [-0.39, 0.29) is 5.91 Å². The lowest BCUT2D eigenvalue weighted by Crippen LogP contribution is -2.39. The number of nitrogens with zero attached hydrogens (tertiary/aromatic N) is 1. The van der Waals surface area contributed by atoms with Gasteiger partial charge in [-0.05, 0) is 49.9 Å². The molecule has 0 atom stereocenters. The molecule has 98 valence electrons. The Kier molecular flexibility index (Phi) is 4.64. The number of carbonyl (C=O) groups excluding carboxylic acids is 1. The summed E-state index contributed by atoms with van der Waals surface area (Å²) in [5.41, 5.74) is 2.17. The number of halogens is 1. The van der Waals surface area contributed by atoms with Crippen LogP contribution < -0.4 is 5.32 Å². The molecule has 0 bridgehead atoms. The lowest BCUT2D eigenvalue weighted by atomic mass is 10.1. The average Bonchev–Trinajstić information content (AvgIpc) is 2.41. The van der Waals surface area contributed by atoms with E-state index in [1.165, 1.54) is 12.0 Å². The fourth-order valence-electron chi connectivity index (χ4n) is 2.19. The Bertz CT molecular complexity index is 428. The summed E-state index contributed by atoms with van der Waals surface area (Å²) in [5, 5.41) is 3.20. The normalized spacial score (nSPS) is 15.6. The highest BCUT2D eigenvalue weighted by atomic mass is 79.9. The lowest BCUT2D eigenvalue weighted by Gasteiger charge is -2.26. The molecule has 1 fully saturated rings. The van der Waals surface area contributed by atoms with E-state index >= 15 is 0 Å². The fraction of sp³-hybridized carbons (Fsp3) is 0.500. The summed E-state index contributed by atoms with van der Waals surface area (Å²) in [5.74, 6) is 0.204. The average molecular weight is 311 g/mol. The van der Waals surface area contributed by atoms with Crippen LogP contribution in [-0.2, 0) is 4.79 Å². The number of amides is 1. The molecule has 4 heteroatoms. The molecule has 1 aliphatic heterocycles. The number of aryl methyl sites for hydroxylation is 1. The molecule has 1 saturated heterocycles. The maximum atomic E-state index is 12.0. The zero-order valence-electron chi connectivity index (χ0n) is 10.7. The van der Waals surface area contributed by atoms with Gasteiger partial charge in [-0.2, -0.15) is 0 Å². The van der Waals surface area contributed by atoms with Crippen LogP contribution in [0.4, 0.5) is 5.69 Å². The van der Waals surface area contributed by atoms with Gasteiger partial charge in [-0.1, -0.05) is 15.9 Å². The van der Waals surface area contributed by atoms with E-state index in [1.807, 2.05) is 30.0 Å². The van der Waals surface area contributed by atoms with Crippen molar-refractivity contribution < 1.29 is 4.79 Å². The predicted octanol–water partition coefficient (Wildman–Crippen LogP) is 3.18. The Labute approximate surface area is 117 Å². The molecule has 1 aromatic carbocycles. The molecule has 3 nitrogen and oxygen atoms in total. The molecule has 0 unspecified atom stereocenters. The van der Waals surface area contributed by atoms with Gasteiger partial charge < -0.3 is 10.2 Å². The van der Waals surface area contributed by atoms with Gasteiger partial charge in [0.1, 0.15) is 0 Å². The summed E-state index contributed by atoms with van der Waals surface area (Å²) in [6, 6.07) is 6.04. The summed E-state index contributed by atoms with van der Waals surface area (Å²) >= 11 is 3.47. The van der Waals surface area contributed by atoms with Crippen molar-refractivity contribution in [3.8, 4) is 0 Å². The van der Waals surface area contributed by atoms with Crippen LogP contribution in [0.5, 0.6) is 0 Å². The Morgan fingerprint density at radius 1 is 1.33 bits per heavy atom. The van der Waals surface area contributed by atoms with Crippen LogP contribution in [0.1, 0.15) is 24.8 Å². The Balaban J connectivity index is 1.86. The van der Waals surface area contributed by atoms with Crippen LogP contribution in [0, 0.1) is 6.92 Å². The topological polar surface area (TPSA) is 32.3 Å². The Hall–Kier alpha value is -1.03. The zero-order chi connectivity index (χ0) is 13.0. The molecular weight excluding hydrogens is 292 g/mol. The van der Waals surface area contributed by atoms with Crippen molar-refractivity contribution in [2.75, 3.05) is 25.0 Å². The van der Waals surface area contributed by atoms with Crippen molar-refractivity contribution in [2.24, 2.45) is 0 Å². The highest BCUT2D eigenvalue weighted by molar-refractivity contribution is 9.10. The van der Waals surface area contributed by atoms with Crippen molar-refractivity contribution in [3.63, 3.8) is 0 Å². The quantitative estimate of drug-likeness (QED) is 0.930. The van der Waals surface area contributed by atoms with E-state index in [2.05, 4.69) is 21.2 Å². The van der Waals surface area contributed by atoms with Gasteiger partial charge in [-0.3, -0.25) is 4.79 Å². The minimum atomic E-state index is 0.204. The van der Waals surface area contributed by atoms with Crippen LogP contribution in [0.25, 0.3) is 0 Å². The molecule has 0 spiro atoms. The van der Waals surface area contributed by atoms with E-state index in [9.17, 15) is 4.79 Å². The van der Waals surface area contributed by atoms with Crippen molar-refractivity contribution in [1.82, 2.24) is 4.90 Å². The first kappa shape index (κ1) is 13.4. The summed E-state index contributed by atoms with van der Waals surface area (Å²) < 4.78 is 1.09. The van der Waals surface area contributed by atoms with Gasteiger partial charge in [0.2, 0.25) is 5.91 Å². The standard InChI is InChI=1S/C14H19BrN2O/c1-11-9-12(5-6-13(11)15)16-10-14(18)17-7-3-2-4-8-17/h5-6,9,16H,2-4,7-8,10H2,1H3. The number of benzene rings is 1. The molecule has 1 heterocycles. The van der Waals surface area contributed by atoms with Gasteiger partial charge in [0.05, 0.1) is 6.54 Å². The molecule has 0 aliphatic carbocycles. The third-order valence-electron chi connectivity index (χ3n) is 3.31. The van der Waals surface area contributed by atoms with Crippen molar-refractivity contribution in [3.05, 3.63) is 28.2 Å². The number of carbonyl (C=O) groups is 1. The fourth-order valence-corrected chi connectivity index (χ4v) is 2.43. The molecule has 0 radical (unpaired) electrons. The molecule has 0 saturated carbocycles. The second kappa shape index (κ2) is 6.23. The van der Waals surface area contributed by atoms with E-state index in [0.717, 1.165) is 36.1 Å². The van der Waals surface area contributed by atoms with Gasteiger partial charge in [0.25, 0.3) is 0 Å². The Morgan fingerprint density at radius 3 is 2.72 bits per heavy atom. The second-order valence-electron chi connectivity index (χ2n) is 4.76. The van der Waals surface area contributed by atoms with Crippen LogP contribution in [0.3, 0.4) is 0 Å². The maximum absolute atomic E-state index is 12.0. The van der Waals surface area contributed by atoms with Gasteiger partial charge >= 0.3 is 0 Å². The minimum Gasteiger partial charge on any atom is -0.376 e. The number of nitrogens with one attached hydrogen (secondary N) is 1. The molecule has 1 aromatic rings. The lowest BCUT2D eigenvalue weighted by molar-refractivity contribution is -0.130. The van der Waals surface area contributed by atoms with Crippen LogP contribution >= 0.6 is 15.9 Å². The first-order valence-electron chi connectivity index (χ1n) is 6.44. The third-order valence-corrected chi connectivity index (χ3v) is 4.20. The molecule has 2 rings (SSSR count). The number of hydrogen-bond acceptors (Lipinski definition) is 2. The number of likely N-dealkylation sites (tertiary alicyclic amines) is 1. The van der Waals surface area contributed by atoms with Crippen molar-refractivity contribution in [1.29, 1.82) is 0 Å². The number of hydrogen-bond donors (Lipinski definition) is 1. The SMILES string of the molecule is Cc1cc(NCC(=O)N2CCCCC2)ccc1Br. The molecular formula is C14H19BrN2O. The zero-order valence-corrected chi connectivity index (χ0v) is 12.3.